The minimum atomic E-state index is -0.305. The molecule has 2 aromatic rings. The molecule has 0 aliphatic heterocycles. The van der Waals surface area contributed by atoms with Gasteiger partial charge in [0, 0.05) is 11.0 Å². The van der Waals surface area contributed by atoms with E-state index in [-0.39, 0.29) is 6.04 Å². The predicted molar refractivity (Wildman–Crippen MR) is 75.8 cm³/mol. The van der Waals surface area contributed by atoms with Crippen LogP contribution in [-0.2, 0) is 6.54 Å². The third-order valence-electron chi connectivity index (χ3n) is 2.70. The van der Waals surface area contributed by atoms with E-state index in [4.69, 9.17) is 0 Å². The Balaban J connectivity index is 2.08. The van der Waals surface area contributed by atoms with Gasteiger partial charge in [-0.2, -0.15) is 5.26 Å². The lowest BCUT2D eigenvalue weighted by atomic mass is 10.1. The maximum absolute atomic E-state index is 9.25. The second-order valence-electron chi connectivity index (χ2n) is 3.95. The van der Waals surface area contributed by atoms with Crippen LogP contribution in [0.4, 0.5) is 0 Å². The zero-order chi connectivity index (χ0) is 12.8. The van der Waals surface area contributed by atoms with Crippen molar-refractivity contribution in [2.24, 2.45) is 0 Å². The Bertz CT molecular complexity index is 546. The van der Waals surface area contributed by atoms with Crippen LogP contribution in [0.2, 0.25) is 0 Å². The van der Waals surface area contributed by atoms with Crippen molar-refractivity contribution in [2.45, 2.75) is 12.6 Å². The van der Waals surface area contributed by atoms with Crippen LogP contribution in [0.25, 0.3) is 0 Å². The summed E-state index contributed by atoms with van der Waals surface area (Å²) in [5.41, 5.74) is 2.14. The third-order valence-corrected chi connectivity index (χ3v) is 3.42. The summed E-state index contributed by atoms with van der Waals surface area (Å²) in [4.78, 5) is 0. The lowest BCUT2D eigenvalue weighted by Gasteiger charge is -2.13. The first-order chi connectivity index (χ1) is 8.81. The minimum absolute atomic E-state index is 0.305. The van der Waals surface area contributed by atoms with E-state index in [1.807, 2.05) is 54.6 Å². The number of nitrogens with one attached hydrogen (secondary N) is 1. The van der Waals surface area contributed by atoms with E-state index in [2.05, 4.69) is 27.3 Å². The molecule has 0 saturated heterocycles. The summed E-state index contributed by atoms with van der Waals surface area (Å²) in [6, 6.07) is 19.8. The highest BCUT2D eigenvalue weighted by molar-refractivity contribution is 9.10. The van der Waals surface area contributed by atoms with Gasteiger partial charge in [0.15, 0.2) is 0 Å². The molecular formula is C15H13BrN2. The Morgan fingerprint density at radius 1 is 1.06 bits per heavy atom. The molecule has 2 nitrogen and oxygen atoms in total. The van der Waals surface area contributed by atoms with Crippen LogP contribution in [0.1, 0.15) is 17.2 Å². The Morgan fingerprint density at radius 2 is 1.72 bits per heavy atom. The van der Waals surface area contributed by atoms with Crippen LogP contribution in [0.5, 0.6) is 0 Å². The zero-order valence-corrected chi connectivity index (χ0v) is 11.4. The molecule has 0 bridgehead atoms. The molecule has 0 aliphatic rings. The number of halogens is 1. The number of rotatable bonds is 4. The summed E-state index contributed by atoms with van der Waals surface area (Å²) in [5.74, 6) is 0. The molecule has 1 unspecified atom stereocenters. The van der Waals surface area contributed by atoms with Gasteiger partial charge in [0.05, 0.1) is 6.07 Å². The fourth-order valence-electron chi connectivity index (χ4n) is 1.75. The van der Waals surface area contributed by atoms with Gasteiger partial charge in [0.2, 0.25) is 0 Å². The molecule has 0 aromatic heterocycles. The molecule has 1 N–H and O–H groups in total. The number of nitriles is 1. The molecule has 3 heteroatoms. The zero-order valence-electron chi connectivity index (χ0n) is 9.81. The summed E-state index contributed by atoms with van der Waals surface area (Å²) in [6.07, 6.45) is 0. The number of hydrogen-bond donors (Lipinski definition) is 1. The van der Waals surface area contributed by atoms with Crippen molar-refractivity contribution in [1.82, 2.24) is 5.32 Å². The van der Waals surface area contributed by atoms with Crippen LogP contribution in [0.15, 0.2) is 59.1 Å². The Kier molecular flexibility index (Phi) is 4.52. The van der Waals surface area contributed by atoms with Crippen molar-refractivity contribution < 1.29 is 0 Å². The van der Waals surface area contributed by atoms with Gasteiger partial charge in [0.1, 0.15) is 6.04 Å². The lowest BCUT2D eigenvalue weighted by Crippen LogP contribution is -2.19. The summed E-state index contributed by atoms with van der Waals surface area (Å²) in [7, 11) is 0. The average Bonchev–Trinajstić information content (AvgIpc) is 2.42. The smallest absolute Gasteiger partial charge is 0.122 e. The summed E-state index contributed by atoms with van der Waals surface area (Å²) in [5, 5.41) is 12.5. The fourth-order valence-corrected chi connectivity index (χ4v) is 2.26. The van der Waals surface area contributed by atoms with Crippen LogP contribution in [0, 0.1) is 11.3 Å². The fraction of sp³-hybridized carbons (Fsp3) is 0.133. The normalized spacial score (nSPS) is 11.8. The summed E-state index contributed by atoms with van der Waals surface area (Å²) >= 11 is 3.47. The van der Waals surface area contributed by atoms with Crippen molar-refractivity contribution in [1.29, 1.82) is 5.26 Å². The second kappa shape index (κ2) is 6.34. The molecule has 2 rings (SSSR count). The Morgan fingerprint density at radius 3 is 2.39 bits per heavy atom. The molecule has 1 atom stereocenters. The minimum Gasteiger partial charge on any atom is -0.294 e. The maximum Gasteiger partial charge on any atom is 0.122 e. The largest absolute Gasteiger partial charge is 0.294 e. The first-order valence-electron chi connectivity index (χ1n) is 5.72. The van der Waals surface area contributed by atoms with Gasteiger partial charge in [0.25, 0.3) is 0 Å². The van der Waals surface area contributed by atoms with E-state index in [1.54, 1.807) is 0 Å². The van der Waals surface area contributed by atoms with E-state index < -0.39 is 0 Å². The first-order valence-corrected chi connectivity index (χ1v) is 6.52. The van der Waals surface area contributed by atoms with Crippen LogP contribution < -0.4 is 5.32 Å². The van der Waals surface area contributed by atoms with Crippen LogP contribution >= 0.6 is 15.9 Å². The molecule has 0 amide bonds. The Hall–Kier alpha value is -1.63. The first kappa shape index (κ1) is 12.8. The van der Waals surface area contributed by atoms with E-state index >= 15 is 0 Å². The van der Waals surface area contributed by atoms with Crippen molar-refractivity contribution in [2.75, 3.05) is 0 Å². The molecule has 90 valence electrons. The van der Waals surface area contributed by atoms with Gasteiger partial charge in [-0.15, -0.1) is 0 Å². The number of nitrogens with zero attached hydrogens (tertiary/aromatic N) is 1. The SMILES string of the molecule is N#CC(NCc1ccccc1)c1ccccc1Br. The molecule has 0 spiro atoms. The standard InChI is InChI=1S/C15H13BrN2/c16-14-9-5-4-8-13(14)15(10-17)18-11-12-6-2-1-3-7-12/h1-9,15,18H,11H2. The van der Waals surface area contributed by atoms with Crippen LogP contribution in [-0.4, -0.2) is 0 Å². The molecule has 0 heterocycles. The predicted octanol–water partition coefficient (Wildman–Crippen LogP) is 3.80. The molecule has 18 heavy (non-hydrogen) atoms. The number of hydrogen-bond acceptors (Lipinski definition) is 2. The van der Waals surface area contributed by atoms with E-state index in [9.17, 15) is 5.26 Å². The maximum atomic E-state index is 9.25. The molecular weight excluding hydrogens is 288 g/mol. The van der Waals surface area contributed by atoms with Crippen molar-refractivity contribution in [3.05, 3.63) is 70.2 Å². The molecule has 0 aliphatic carbocycles. The van der Waals surface area contributed by atoms with Gasteiger partial charge >= 0.3 is 0 Å². The molecule has 2 aromatic carbocycles. The highest BCUT2D eigenvalue weighted by Crippen LogP contribution is 2.22. The summed E-state index contributed by atoms with van der Waals surface area (Å²) in [6.45, 7) is 0.681. The van der Waals surface area contributed by atoms with Gasteiger partial charge in [-0.1, -0.05) is 64.5 Å². The van der Waals surface area contributed by atoms with Crippen molar-refractivity contribution in [3.63, 3.8) is 0 Å². The topological polar surface area (TPSA) is 35.8 Å². The van der Waals surface area contributed by atoms with E-state index in [0.29, 0.717) is 6.54 Å². The van der Waals surface area contributed by atoms with Gasteiger partial charge in [-0.3, -0.25) is 5.32 Å². The lowest BCUT2D eigenvalue weighted by molar-refractivity contribution is 0.628. The van der Waals surface area contributed by atoms with Gasteiger partial charge in [-0.05, 0) is 17.2 Å². The third kappa shape index (κ3) is 3.19. The van der Waals surface area contributed by atoms with Crippen molar-refractivity contribution >= 4 is 15.9 Å². The van der Waals surface area contributed by atoms with Gasteiger partial charge in [-0.25, -0.2) is 0 Å². The van der Waals surface area contributed by atoms with E-state index in [1.165, 1.54) is 5.56 Å². The van der Waals surface area contributed by atoms with Crippen LogP contribution in [0.3, 0.4) is 0 Å². The van der Waals surface area contributed by atoms with Gasteiger partial charge < -0.3 is 0 Å². The average molecular weight is 301 g/mol. The van der Waals surface area contributed by atoms with Crippen molar-refractivity contribution in [3.8, 4) is 6.07 Å². The number of benzene rings is 2. The molecule has 0 saturated carbocycles. The second-order valence-corrected chi connectivity index (χ2v) is 4.80. The highest BCUT2D eigenvalue weighted by atomic mass is 79.9. The molecule has 0 radical (unpaired) electrons. The Labute approximate surface area is 115 Å². The monoisotopic (exact) mass is 300 g/mol. The summed E-state index contributed by atoms with van der Waals surface area (Å²) < 4.78 is 0.956. The highest BCUT2D eigenvalue weighted by Gasteiger charge is 2.12. The molecule has 0 fully saturated rings. The quantitative estimate of drug-likeness (QED) is 0.932. The van der Waals surface area contributed by atoms with E-state index in [0.717, 1.165) is 10.0 Å².